The second-order valence-corrected chi connectivity index (χ2v) is 8.87. The van der Waals surface area contributed by atoms with Crippen molar-refractivity contribution in [3.05, 3.63) is 23.9 Å². The third-order valence-corrected chi connectivity index (χ3v) is 6.99. The lowest BCUT2D eigenvalue weighted by Crippen LogP contribution is -2.57. The van der Waals surface area contributed by atoms with Crippen molar-refractivity contribution in [1.82, 2.24) is 25.3 Å². The van der Waals surface area contributed by atoms with E-state index in [1.165, 1.54) is 38.0 Å². The summed E-state index contributed by atoms with van der Waals surface area (Å²) in [5.41, 5.74) is 2.65. The van der Waals surface area contributed by atoms with Crippen molar-refractivity contribution in [1.29, 1.82) is 0 Å². The van der Waals surface area contributed by atoms with Gasteiger partial charge < -0.3 is 20.0 Å². The number of aromatic amines is 1. The molecule has 7 heteroatoms. The van der Waals surface area contributed by atoms with Gasteiger partial charge in [0.05, 0.1) is 5.52 Å². The second-order valence-electron chi connectivity index (χ2n) is 8.87. The molecule has 5 heterocycles. The predicted octanol–water partition coefficient (Wildman–Crippen LogP) is 1.53. The molecule has 2 aromatic rings. The molecule has 0 saturated carbocycles. The molecule has 150 valence electrons. The van der Waals surface area contributed by atoms with Gasteiger partial charge in [0.25, 0.3) is 5.91 Å². The van der Waals surface area contributed by atoms with Crippen molar-refractivity contribution in [3.8, 4) is 0 Å². The van der Waals surface area contributed by atoms with E-state index in [1.807, 2.05) is 6.07 Å². The van der Waals surface area contributed by atoms with Crippen LogP contribution in [0.3, 0.4) is 0 Å². The van der Waals surface area contributed by atoms with E-state index in [9.17, 15) is 4.79 Å². The van der Waals surface area contributed by atoms with Gasteiger partial charge in [-0.2, -0.15) is 5.10 Å². The summed E-state index contributed by atoms with van der Waals surface area (Å²) < 4.78 is 0. The van der Waals surface area contributed by atoms with Gasteiger partial charge in [-0.05, 0) is 70.6 Å². The Labute approximate surface area is 166 Å². The number of hydrogen-bond acceptors (Lipinski definition) is 5. The first-order valence-corrected chi connectivity index (χ1v) is 10.5. The molecule has 4 saturated heterocycles. The highest BCUT2D eigenvalue weighted by molar-refractivity contribution is 6.05. The van der Waals surface area contributed by atoms with E-state index in [2.05, 4.69) is 56.4 Å². The molecule has 1 aromatic carbocycles. The van der Waals surface area contributed by atoms with Crippen LogP contribution in [0.25, 0.3) is 10.9 Å². The van der Waals surface area contributed by atoms with Crippen molar-refractivity contribution in [2.75, 3.05) is 51.7 Å². The number of carbonyl (C=O) groups is 1. The third-order valence-electron chi connectivity index (χ3n) is 6.99. The molecule has 1 aromatic heterocycles. The Bertz CT molecular complexity index is 869. The fourth-order valence-electron chi connectivity index (χ4n) is 5.14. The van der Waals surface area contributed by atoms with Gasteiger partial charge in [-0.1, -0.05) is 0 Å². The monoisotopic (exact) mass is 382 g/mol. The molecule has 6 rings (SSSR count). The topological polar surface area (TPSA) is 67.5 Å². The number of nitrogens with one attached hydrogen (secondary N) is 2. The molecule has 1 unspecified atom stereocenters. The first-order chi connectivity index (χ1) is 13.6. The molecule has 4 fully saturated rings. The minimum Gasteiger partial charge on any atom is -0.370 e. The molecule has 28 heavy (non-hydrogen) atoms. The summed E-state index contributed by atoms with van der Waals surface area (Å²) in [7, 11) is 4.29. The first-order valence-electron chi connectivity index (χ1n) is 10.5. The van der Waals surface area contributed by atoms with Gasteiger partial charge in [-0.15, -0.1) is 0 Å². The molecule has 0 radical (unpaired) electrons. The zero-order valence-electron chi connectivity index (χ0n) is 16.8. The Kier molecular flexibility index (Phi) is 4.51. The lowest BCUT2D eigenvalue weighted by Gasteiger charge is -2.44. The SMILES string of the molecule is CN(C)C1CCN(c2ccc3c(C(=O)N[C@H]4CN5CCC4CC5)n[nH]c3c2)C1. The van der Waals surface area contributed by atoms with Crippen LogP contribution >= 0.6 is 0 Å². The normalized spacial score (nSPS) is 29.8. The highest BCUT2D eigenvalue weighted by Crippen LogP contribution is 2.29. The zero-order chi connectivity index (χ0) is 19.3. The molecule has 2 bridgehead atoms. The number of likely N-dealkylation sites (N-methyl/N-ethyl adjacent to an activating group) is 1. The number of piperidine rings is 3. The van der Waals surface area contributed by atoms with Crippen LogP contribution < -0.4 is 10.2 Å². The smallest absolute Gasteiger partial charge is 0.272 e. The van der Waals surface area contributed by atoms with E-state index in [-0.39, 0.29) is 11.9 Å². The van der Waals surface area contributed by atoms with Crippen molar-refractivity contribution < 1.29 is 4.79 Å². The third kappa shape index (κ3) is 3.16. The van der Waals surface area contributed by atoms with Gasteiger partial charge in [0.2, 0.25) is 0 Å². The van der Waals surface area contributed by atoms with Crippen LogP contribution in [-0.2, 0) is 0 Å². The highest BCUT2D eigenvalue weighted by atomic mass is 16.2. The quantitative estimate of drug-likeness (QED) is 0.839. The number of H-pyrrole nitrogens is 1. The van der Waals surface area contributed by atoms with Crippen LogP contribution in [0.5, 0.6) is 0 Å². The largest absolute Gasteiger partial charge is 0.370 e. The lowest BCUT2D eigenvalue weighted by atomic mass is 9.84. The van der Waals surface area contributed by atoms with Gasteiger partial charge in [-0.3, -0.25) is 9.89 Å². The summed E-state index contributed by atoms with van der Waals surface area (Å²) in [5.74, 6) is 0.567. The van der Waals surface area contributed by atoms with Crippen LogP contribution in [0.1, 0.15) is 29.8 Å². The van der Waals surface area contributed by atoms with Crippen LogP contribution in [0.15, 0.2) is 18.2 Å². The first kappa shape index (κ1) is 17.9. The summed E-state index contributed by atoms with van der Waals surface area (Å²) in [6.45, 7) is 5.44. The minimum atomic E-state index is -0.0494. The van der Waals surface area contributed by atoms with Gasteiger partial charge in [0.1, 0.15) is 0 Å². The summed E-state index contributed by atoms with van der Waals surface area (Å²) in [4.78, 5) is 20.1. The van der Waals surface area contributed by atoms with E-state index >= 15 is 0 Å². The summed E-state index contributed by atoms with van der Waals surface area (Å²) in [5, 5.41) is 11.6. The number of hydrogen-bond donors (Lipinski definition) is 2. The molecular weight excluding hydrogens is 352 g/mol. The Morgan fingerprint density at radius 1 is 1.18 bits per heavy atom. The molecule has 0 spiro atoms. The summed E-state index contributed by atoms with van der Waals surface area (Å²) in [6, 6.07) is 7.16. The number of amides is 1. The maximum absolute atomic E-state index is 12.9. The number of aromatic nitrogens is 2. The van der Waals surface area contributed by atoms with E-state index < -0.39 is 0 Å². The predicted molar refractivity (Wildman–Crippen MR) is 111 cm³/mol. The Balaban J connectivity index is 1.32. The van der Waals surface area contributed by atoms with Gasteiger partial charge in [0.15, 0.2) is 5.69 Å². The maximum atomic E-state index is 12.9. The summed E-state index contributed by atoms with van der Waals surface area (Å²) >= 11 is 0. The molecule has 2 atom stereocenters. The maximum Gasteiger partial charge on any atom is 0.272 e. The second kappa shape index (κ2) is 7.04. The van der Waals surface area contributed by atoms with E-state index in [1.54, 1.807) is 0 Å². The number of anilines is 1. The van der Waals surface area contributed by atoms with Crippen molar-refractivity contribution >= 4 is 22.5 Å². The van der Waals surface area contributed by atoms with Gasteiger partial charge in [0, 0.05) is 42.8 Å². The molecule has 7 nitrogen and oxygen atoms in total. The highest BCUT2D eigenvalue weighted by Gasteiger charge is 2.35. The van der Waals surface area contributed by atoms with Gasteiger partial charge >= 0.3 is 0 Å². The molecule has 4 aliphatic heterocycles. The number of carbonyl (C=O) groups excluding carboxylic acids is 1. The van der Waals surface area contributed by atoms with Crippen molar-refractivity contribution in [2.45, 2.75) is 31.3 Å². The average Bonchev–Trinajstić information content (AvgIpc) is 3.36. The number of nitrogens with zero attached hydrogens (tertiary/aromatic N) is 4. The Hall–Kier alpha value is -2.12. The molecular formula is C21H30N6O. The number of benzene rings is 1. The number of fused-ring (bicyclic) bond motifs is 4. The van der Waals surface area contributed by atoms with Crippen LogP contribution in [0.4, 0.5) is 5.69 Å². The van der Waals surface area contributed by atoms with Crippen LogP contribution in [-0.4, -0.2) is 84.8 Å². The fraction of sp³-hybridized carbons (Fsp3) is 0.619. The molecule has 1 amide bonds. The van der Waals surface area contributed by atoms with Gasteiger partial charge in [-0.25, -0.2) is 0 Å². The van der Waals surface area contributed by atoms with Crippen molar-refractivity contribution in [3.63, 3.8) is 0 Å². The molecule has 4 aliphatic rings. The number of rotatable bonds is 4. The minimum absolute atomic E-state index is 0.0494. The summed E-state index contributed by atoms with van der Waals surface area (Å²) in [6.07, 6.45) is 3.57. The average molecular weight is 383 g/mol. The lowest BCUT2D eigenvalue weighted by molar-refractivity contribution is 0.0618. The zero-order valence-corrected chi connectivity index (χ0v) is 16.8. The standard InChI is InChI=1S/C21H30N6O/c1-25(2)16-7-10-27(12-16)15-3-4-17-18(11-15)23-24-20(17)21(28)22-19-13-26-8-5-14(19)6-9-26/h3-4,11,14,16,19H,5-10,12-13H2,1-2H3,(H,22,28)(H,23,24)/t16?,19-/m0/s1. The van der Waals surface area contributed by atoms with Crippen LogP contribution in [0.2, 0.25) is 0 Å². The molecule has 2 N–H and O–H groups in total. The Morgan fingerprint density at radius 3 is 2.68 bits per heavy atom. The Morgan fingerprint density at radius 2 is 2.00 bits per heavy atom. The van der Waals surface area contributed by atoms with Crippen molar-refractivity contribution in [2.24, 2.45) is 5.92 Å². The fourth-order valence-corrected chi connectivity index (χ4v) is 5.14. The van der Waals surface area contributed by atoms with E-state index in [4.69, 9.17) is 0 Å². The molecule has 0 aliphatic carbocycles. The van der Waals surface area contributed by atoms with Crippen LogP contribution in [0, 0.1) is 5.92 Å². The van der Waals surface area contributed by atoms with E-state index in [0.717, 1.165) is 30.5 Å². The van der Waals surface area contributed by atoms with E-state index in [0.29, 0.717) is 17.7 Å².